The molecule has 0 bridgehead atoms. The minimum absolute atomic E-state index is 0.358. The molecule has 0 spiro atoms. The molecule has 1 heterocycles. The molecule has 1 saturated carbocycles. The summed E-state index contributed by atoms with van der Waals surface area (Å²) in [5.74, 6) is 1.70. The van der Waals surface area contributed by atoms with Crippen molar-refractivity contribution >= 4 is 15.9 Å². The van der Waals surface area contributed by atoms with E-state index in [1.807, 2.05) is 0 Å². The summed E-state index contributed by atoms with van der Waals surface area (Å²) in [5.41, 5.74) is 1.59. The van der Waals surface area contributed by atoms with Gasteiger partial charge in [0.05, 0.1) is 17.7 Å². The maximum atomic E-state index is 5.73. The summed E-state index contributed by atoms with van der Waals surface area (Å²) in [6.07, 6.45) is 3.49. The molecule has 1 aliphatic carbocycles. The van der Waals surface area contributed by atoms with Crippen LogP contribution in [-0.2, 0) is 6.54 Å². The van der Waals surface area contributed by atoms with Gasteiger partial charge in [0.2, 0.25) is 0 Å². The second-order valence-electron chi connectivity index (χ2n) is 5.37. The van der Waals surface area contributed by atoms with Crippen LogP contribution in [0.3, 0.4) is 0 Å². The van der Waals surface area contributed by atoms with Crippen LogP contribution in [0.15, 0.2) is 16.6 Å². The van der Waals surface area contributed by atoms with Gasteiger partial charge >= 0.3 is 0 Å². The maximum Gasteiger partial charge on any atom is 0.175 e. The van der Waals surface area contributed by atoms with Gasteiger partial charge in [-0.1, -0.05) is 0 Å². The molecule has 1 aromatic rings. The van der Waals surface area contributed by atoms with E-state index in [-0.39, 0.29) is 0 Å². The number of hydrogen-bond acceptors (Lipinski definition) is 3. The third kappa shape index (κ3) is 2.64. The lowest BCUT2D eigenvalue weighted by Crippen LogP contribution is -2.26. The molecule has 98 valence electrons. The fourth-order valence-electron chi connectivity index (χ4n) is 2.07. The zero-order valence-corrected chi connectivity index (χ0v) is 12.2. The van der Waals surface area contributed by atoms with Gasteiger partial charge < -0.3 is 14.8 Å². The highest BCUT2D eigenvalue weighted by atomic mass is 79.9. The average Bonchev–Trinajstić information content (AvgIpc) is 3.10. The van der Waals surface area contributed by atoms with Crippen LogP contribution in [0, 0.1) is 0 Å². The normalized spacial score (nSPS) is 20.3. The van der Waals surface area contributed by atoms with Crippen molar-refractivity contribution in [3.63, 3.8) is 0 Å². The van der Waals surface area contributed by atoms with Gasteiger partial charge in [-0.2, -0.15) is 0 Å². The molecule has 1 aromatic carbocycles. The highest BCUT2D eigenvalue weighted by Gasteiger charge is 2.36. The lowest BCUT2D eigenvalue weighted by Gasteiger charge is -2.14. The lowest BCUT2D eigenvalue weighted by molar-refractivity contribution is 0.296. The summed E-state index contributed by atoms with van der Waals surface area (Å²) >= 11 is 3.57. The van der Waals surface area contributed by atoms with Crippen molar-refractivity contribution in [2.24, 2.45) is 0 Å². The zero-order valence-electron chi connectivity index (χ0n) is 10.6. The summed E-state index contributed by atoms with van der Waals surface area (Å²) in [4.78, 5) is 0. The fraction of sp³-hybridized carbons (Fsp3) is 0.571. The molecule has 0 aromatic heterocycles. The second kappa shape index (κ2) is 4.74. The van der Waals surface area contributed by atoms with Gasteiger partial charge in [-0.15, -0.1) is 0 Å². The molecule has 0 amide bonds. The zero-order chi connectivity index (χ0) is 12.6. The van der Waals surface area contributed by atoms with Crippen LogP contribution in [0.1, 0.15) is 31.7 Å². The van der Waals surface area contributed by atoms with E-state index in [0.29, 0.717) is 5.54 Å². The Morgan fingerprint density at radius 2 is 2.06 bits per heavy atom. The minimum Gasteiger partial charge on any atom is -0.490 e. The SMILES string of the molecule is CC1(NCc2cc(Br)c3c(c2)OCCCO3)CC1. The largest absolute Gasteiger partial charge is 0.490 e. The maximum absolute atomic E-state index is 5.73. The Labute approximate surface area is 116 Å². The first-order valence-electron chi connectivity index (χ1n) is 6.49. The van der Waals surface area contributed by atoms with E-state index in [1.165, 1.54) is 18.4 Å². The second-order valence-corrected chi connectivity index (χ2v) is 6.22. The Balaban J connectivity index is 1.78. The third-order valence-corrected chi connectivity index (χ3v) is 4.17. The molecule has 0 atom stereocenters. The Kier molecular flexibility index (Phi) is 3.24. The van der Waals surface area contributed by atoms with Crippen LogP contribution in [0.2, 0.25) is 0 Å². The van der Waals surface area contributed by atoms with Crippen LogP contribution in [0.5, 0.6) is 11.5 Å². The fourth-order valence-corrected chi connectivity index (χ4v) is 2.67. The van der Waals surface area contributed by atoms with Gasteiger partial charge in [0.1, 0.15) is 0 Å². The average molecular weight is 312 g/mol. The third-order valence-electron chi connectivity index (χ3n) is 3.58. The van der Waals surface area contributed by atoms with Crippen molar-refractivity contribution in [3.8, 4) is 11.5 Å². The molecule has 3 nitrogen and oxygen atoms in total. The first kappa shape index (κ1) is 12.3. The standard InChI is InChI=1S/C14H18BrNO2/c1-14(3-4-14)16-9-10-7-11(15)13-12(8-10)17-5-2-6-18-13/h7-8,16H,2-6,9H2,1H3. The van der Waals surface area contributed by atoms with E-state index in [1.54, 1.807) is 0 Å². The van der Waals surface area contributed by atoms with Gasteiger partial charge in [-0.3, -0.25) is 0 Å². The van der Waals surface area contributed by atoms with Crippen molar-refractivity contribution < 1.29 is 9.47 Å². The number of rotatable bonds is 3. The van der Waals surface area contributed by atoms with Crippen LogP contribution in [0.4, 0.5) is 0 Å². The highest BCUT2D eigenvalue weighted by Crippen LogP contribution is 2.39. The number of halogens is 1. The summed E-state index contributed by atoms with van der Waals surface area (Å²) in [7, 11) is 0. The van der Waals surface area contributed by atoms with Crippen molar-refractivity contribution in [2.75, 3.05) is 13.2 Å². The molecule has 0 radical (unpaired) electrons. The Bertz CT molecular complexity index is 457. The molecular formula is C14H18BrNO2. The number of hydrogen-bond donors (Lipinski definition) is 1. The van der Waals surface area contributed by atoms with Crippen molar-refractivity contribution in [1.29, 1.82) is 0 Å². The van der Waals surface area contributed by atoms with E-state index >= 15 is 0 Å². The number of benzene rings is 1. The molecule has 18 heavy (non-hydrogen) atoms. The first-order chi connectivity index (χ1) is 8.66. The summed E-state index contributed by atoms with van der Waals surface area (Å²) in [6.45, 7) is 4.60. The van der Waals surface area contributed by atoms with Crippen LogP contribution < -0.4 is 14.8 Å². The molecule has 0 unspecified atom stereocenters. The number of fused-ring (bicyclic) bond motifs is 1. The topological polar surface area (TPSA) is 30.5 Å². The van der Waals surface area contributed by atoms with Gasteiger partial charge in [0, 0.05) is 18.5 Å². The molecular weight excluding hydrogens is 294 g/mol. The van der Waals surface area contributed by atoms with E-state index in [4.69, 9.17) is 9.47 Å². The highest BCUT2D eigenvalue weighted by molar-refractivity contribution is 9.10. The van der Waals surface area contributed by atoms with Crippen molar-refractivity contribution in [3.05, 3.63) is 22.2 Å². The van der Waals surface area contributed by atoms with Gasteiger partial charge in [0.25, 0.3) is 0 Å². The van der Waals surface area contributed by atoms with E-state index in [0.717, 1.165) is 42.2 Å². The Morgan fingerprint density at radius 3 is 2.83 bits per heavy atom. The monoisotopic (exact) mass is 311 g/mol. The van der Waals surface area contributed by atoms with Gasteiger partial charge in [-0.05, 0) is 53.4 Å². The molecule has 2 aliphatic rings. The molecule has 3 rings (SSSR count). The summed E-state index contributed by atoms with van der Waals surface area (Å²) in [6, 6.07) is 4.20. The predicted octanol–water partition coefficient (Wildman–Crippen LogP) is 3.25. The summed E-state index contributed by atoms with van der Waals surface area (Å²) in [5, 5.41) is 3.58. The van der Waals surface area contributed by atoms with E-state index in [9.17, 15) is 0 Å². The number of ether oxygens (including phenoxy) is 2. The molecule has 4 heteroatoms. The van der Waals surface area contributed by atoms with Crippen LogP contribution in [0.25, 0.3) is 0 Å². The van der Waals surface area contributed by atoms with Crippen LogP contribution in [-0.4, -0.2) is 18.8 Å². The van der Waals surface area contributed by atoms with Crippen molar-refractivity contribution in [2.45, 2.75) is 38.3 Å². The van der Waals surface area contributed by atoms with Crippen LogP contribution >= 0.6 is 15.9 Å². The minimum atomic E-state index is 0.358. The Morgan fingerprint density at radius 1 is 1.28 bits per heavy atom. The van der Waals surface area contributed by atoms with Crippen molar-refractivity contribution in [1.82, 2.24) is 5.32 Å². The van der Waals surface area contributed by atoms with E-state index < -0.39 is 0 Å². The van der Waals surface area contributed by atoms with E-state index in [2.05, 4.69) is 40.3 Å². The first-order valence-corrected chi connectivity index (χ1v) is 7.29. The Hall–Kier alpha value is -0.740. The van der Waals surface area contributed by atoms with Gasteiger partial charge in [-0.25, -0.2) is 0 Å². The predicted molar refractivity (Wildman–Crippen MR) is 74.2 cm³/mol. The summed E-state index contributed by atoms with van der Waals surface area (Å²) < 4.78 is 12.4. The number of nitrogens with one attached hydrogen (secondary N) is 1. The quantitative estimate of drug-likeness (QED) is 0.929. The molecule has 0 saturated heterocycles. The molecule has 1 aliphatic heterocycles. The molecule has 1 N–H and O–H groups in total. The molecule has 1 fully saturated rings. The lowest BCUT2D eigenvalue weighted by atomic mass is 10.2. The van der Waals surface area contributed by atoms with Gasteiger partial charge in [0.15, 0.2) is 11.5 Å². The smallest absolute Gasteiger partial charge is 0.175 e.